The summed E-state index contributed by atoms with van der Waals surface area (Å²) in [5.74, 6) is 1.35. The molecule has 0 spiro atoms. The monoisotopic (exact) mass is 420 g/mol. The number of nitrogens with zero attached hydrogens (tertiary/aromatic N) is 1. The smallest absolute Gasteiger partial charge is 0.230 e. The topological polar surface area (TPSA) is 60.5 Å². The van der Waals surface area contributed by atoms with E-state index in [2.05, 4.69) is 10.3 Å². The average Bonchev–Trinajstić information content (AvgIpc) is 3.31. The molecule has 5 nitrogen and oxygen atoms in total. The molecule has 4 rings (SSSR count). The molecule has 3 aromatic rings. The van der Waals surface area contributed by atoms with E-state index < -0.39 is 5.41 Å². The van der Waals surface area contributed by atoms with Gasteiger partial charge in [-0.25, -0.2) is 9.37 Å². The number of carbonyl (C=O) groups excluding carboxylic acids is 1. The minimum atomic E-state index is -0.533. The van der Waals surface area contributed by atoms with Crippen LogP contribution in [-0.4, -0.2) is 18.0 Å². The van der Waals surface area contributed by atoms with Gasteiger partial charge >= 0.3 is 0 Å². The largest absolute Gasteiger partial charge is 0.497 e. The van der Waals surface area contributed by atoms with Crippen LogP contribution in [-0.2, 0) is 16.8 Å². The second-order valence-electron chi connectivity index (χ2n) is 7.76. The molecule has 31 heavy (non-hydrogen) atoms. The van der Waals surface area contributed by atoms with Gasteiger partial charge in [-0.15, -0.1) is 0 Å². The predicted octanol–water partition coefficient (Wildman–Crippen LogP) is 5.15. The van der Waals surface area contributed by atoms with Crippen LogP contribution in [0.2, 0.25) is 0 Å². The maximum absolute atomic E-state index is 13.3. The van der Waals surface area contributed by atoms with Gasteiger partial charge in [0.2, 0.25) is 11.8 Å². The number of carbonyl (C=O) groups is 1. The molecular weight excluding hydrogens is 395 g/mol. The fourth-order valence-electron chi connectivity index (χ4n) is 4.14. The third-order valence-electron chi connectivity index (χ3n) is 5.80. The number of aromatic nitrogens is 1. The van der Waals surface area contributed by atoms with E-state index in [1.807, 2.05) is 30.3 Å². The first-order valence-corrected chi connectivity index (χ1v) is 10.4. The van der Waals surface area contributed by atoms with E-state index in [1.165, 1.54) is 12.1 Å². The van der Waals surface area contributed by atoms with E-state index in [-0.39, 0.29) is 11.7 Å². The molecule has 0 unspecified atom stereocenters. The Bertz CT molecular complexity index is 1050. The van der Waals surface area contributed by atoms with Crippen molar-refractivity contribution in [2.75, 3.05) is 7.11 Å². The minimum Gasteiger partial charge on any atom is -0.497 e. The van der Waals surface area contributed by atoms with Gasteiger partial charge in [0.1, 0.15) is 17.3 Å². The molecule has 1 fully saturated rings. The molecule has 0 atom stereocenters. The Morgan fingerprint density at radius 2 is 1.84 bits per heavy atom. The van der Waals surface area contributed by atoms with Gasteiger partial charge in [0.25, 0.3) is 0 Å². The fraction of sp³-hybridized carbons (Fsp3) is 0.280. The van der Waals surface area contributed by atoms with Crippen molar-refractivity contribution in [1.82, 2.24) is 10.3 Å². The summed E-state index contributed by atoms with van der Waals surface area (Å²) in [6.07, 6.45) is 5.32. The number of amides is 1. The molecule has 1 N–H and O–H groups in total. The molecule has 0 aliphatic heterocycles. The lowest BCUT2D eigenvalue weighted by Crippen LogP contribution is -2.42. The van der Waals surface area contributed by atoms with Crippen LogP contribution < -0.4 is 14.8 Å². The Hall–Kier alpha value is -3.41. The number of pyridine rings is 1. The lowest BCUT2D eigenvalue weighted by Gasteiger charge is -2.28. The molecule has 1 saturated carbocycles. The highest BCUT2D eigenvalue weighted by atomic mass is 19.1. The SMILES string of the molecule is COc1cccc(C2(C(=O)NCc3ccnc(Oc4ccc(F)cc4)c3)CCCC2)c1. The number of rotatable bonds is 7. The van der Waals surface area contributed by atoms with Crippen molar-refractivity contribution in [2.45, 2.75) is 37.6 Å². The molecular formula is C25H25FN2O3. The van der Waals surface area contributed by atoms with E-state index in [0.29, 0.717) is 18.2 Å². The van der Waals surface area contributed by atoms with E-state index >= 15 is 0 Å². The fourth-order valence-corrected chi connectivity index (χ4v) is 4.14. The van der Waals surface area contributed by atoms with Crippen molar-refractivity contribution < 1.29 is 18.7 Å². The van der Waals surface area contributed by atoms with Crippen molar-refractivity contribution in [3.63, 3.8) is 0 Å². The summed E-state index contributed by atoms with van der Waals surface area (Å²) in [5, 5.41) is 3.10. The first-order valence-electron chi connectivity index (χ1n) is 10.4. The quantitative estimate of drug-likeness (QED) is 0.574. The lowest BCUT2D eigenvalue weighted by molar-refractivity contribution is -0.126. The van der Waals surface area contributed by atoms with Gasteiger partial charge in [0, 0.05) is 18.8 Å². The summed E-state index contributed by atoms with van der Waals surface area (Å²) >= 11 is 0. The second-order valence-corrected chi connectivity index (χ2v) is 7.76. The summed E-state index contributed by atoms with van der Waals surface area (Å²) in [4.78, 5) is 17.5. The summed E-state index contributed by atoms with van der Waals surface area (Å²) in [6, 6.07) is 17.2. The Morgan fingerprint density at radius 1 is 1.06 bits per heavy atom. The van der Waals surface area contributed by atoms with E-state index in [4.69, 9.17) is 9.47 Å². The lowest BCUT2D eigenvalue weighted by atomic mass is 9.78. The Kier molecular flexibility index (Phi) is 6.16. The molecule has 160 valence electrons. The number of halogens is 1. The minimum absolute atomic E-state index is 0.0241. The van der Waals surface area contributed by atoms with Crippen LogP contribution in [0, 0.1) is 5.82 Å². The molecule has 6 heteroatoms. The summed E-state index contributed by atoms with van der Waals surface area (Å²) in [5.41, 5.74) is 1.34. The van der Waals surface area contributed by atoms with Crippen molar-refractivity contribution in [3.05, 3.63) is 83.8 Å². The van der Waals surface area contributed by atoms with Crippen molar-refractivity contribution in [3.8, 4) is 17.4 Å². The van der Waals surface area contributed by atoms with Crippen LogP contribution in [0.25, 0.3) is 0 Å². The summed E-state index contributed by atoms with van der Waals surface area (Å²) < 4.78 is 24.1. The number of ether oxygens (including phenoxy) is 2. The molecule has 1 heterocycles. The molecule has 1 aromatic heterocycles. The normalized spacial score (nSPS) is 14.8. The highest BCUT2D eigenvalue weighted by Gasteiger charge is 2.42. The highest BCUT2D eigenvalue weighted by Crippen LogP contribution is 2.42. The van der Waals surface area contributed by atoms with Gasteiger partial charge in [-0.05, 0) is 66.4 Å². The first kappa shape index (κ1) is 20.8. The third-order valence-corrected chi connectivity index (χ3v) is 5.80. The van der Waals surface area contributed by atoms with Crippen molar-refractivity contribution >= 4 is 5.91 Å². The van der Waals surface area contributed by atoms with Crippen LogP contribution in [0.1, 0.15) is 36.8 Å². The summed E-state index contributed by atoms with van der Waals surface area (Å²) in [7, 11) is 1.63. The van der Waals surface area contributed by atoms with E-state index in [1.54, 1.807) is 31.5 Å². The number of nitrogens with one attached hydrogen (secondary N) is 1. The van der Waals surface area contributed by atoms with Gasteiger partial charge in [-0.3, -0.25) is 4.79 Å². The van der Waals surface area contributed by atoms with Crippen LogP contribution in [0.3, 0.4) is 0 Å². The molecule has 1 aliphatic carbocycles. The van der Waals surface area contributed by atoms with Crippen LogP contribution in [0.4, 0.5) is 4.39 Å². The zero-order chi connectivity index (χ0) is 21.7. The number of benzene rings is 2. The Labute approximate surface area is 181 Å². The predicted molar refractivity (Wildman–Crippen MR) is 116 cm³/mol. The Morgan fingerprint density at radius 3 is 2.58 bits per heavy atom. The number of hydrogen-bond donors (Lipinski definition) is 1. The zero-order valence-corrected chi connectivity index (χ0v) is 17.4. The first-order chi connectivity index (χ1) is 15.1. The van der Waals surface area contributed by atoms with Gasteiger partial charge in [0.15, 0.2) is 0 Å². The highest BCUT2D eigenvalue weighted by molar-refractivity contribution is 5.88. The maximum Gasteiger partial charge on any atom is 0.230 e. The molecule has 1 amide bonds. The third kappa shape index (κ3) is 4.68. The molecule has 0 radical (unpaired) electrons. The molecule has 1 aliphatic rings. The second kappa shape index (κ2) is 9.16. The average molecular weight is 420 g/mol. The molecule has 2 aromatic carbocycles. The number of methoxy groups -OCH3 is 1. The van der Waals surface area contributed by atoms with Gasteiger partial charge < -0.3 is 14.8 Å². The van der Waals surface area contributed by atoms with E-state index in [0.717, 1.165) is 42.6 Å². The maximum atomic E-state index is 13.3. The van der Waals surface area contributed by atoms with Crippen LogP contribution >= 0.6 is 0 Å². The van der Waals surface area contributed by atoms with Crippen LogP contribution in [0.15, 0.2) is 66.9 Å². The Balaban J connectivity index is 1.46. The van der Waals surface area contributed by atoms with Crippen molar-refractivity contribution in [2.24, 2.45) is 0 Å². The zero-order valence-electron chi connectivity index (χ0n) is 17.4. The molecule has 0 saturated heterocycles. The van der Waals surface area contributed by atoms with Crippen LogP contribution in [0.5, 0.6) is 17.4 Å². The van der Waals surface area contributed by atoms with Crippen molar-refractivity contribution in [1.29, 1.82) is 0 Å². The van der Waals surface area contributed by atoms with Gasteiger partial charge in [-0.1, -0.05) is 25.0 Å². The van der Waals surface area contributed by atoms with Gasteiger partial charge in [0.05, 0.1) is 12.5 Å². The van der Waals surface area contributed by atoms with Gasteiger partial charge in [-0.2, -0.15) is 0 Å². The standard InChI is InChI=1S/C25H25FN2O3/c1-30-22-6-4-5-19(16-22)25(12-2-3-13-25)24(29)28-17-18-11-14-27-23(15-18)31-21-9-7-20(26)8-10-21/h4-11,14-16H,2-3,12-13,17H2,1H3,(H,28,29). The summed E-state index contributed by atoms with van der Waals surface area (Å²) in [6.45, 7) is 0.368. The number of hydrogen-bond acceptors (Lipinski definition) is 4. The molecule has 0 bridgehead atoms. The van der Waals surface area contributed by atoms with E-state index in [9.17, 15) is 9.18 Å².